The maximum atomic E-state index is 4.18. The molecule has 0 aromatic rings. The summed E-state index contributed by atoms with van der Waals surface area (Å²) in [6, 6.07) is 0.546. The monoisotopic (exact) mass is 169 g/mol. The van der Waals surface area contributed by atoms with E-state index in [0.717, 1.165) is 26.1 Å². The first-order valence-electron chi connectivity index (χ1n) is 4.77. The van der Waals surface area contributed by atoms with Crippen LogP contribution in [0, 0.1) is 0 Å². The SMILES string of the molecule is CCN(CC)C[C@@H]1CC(C)=NN1. The number of likely N-dealkylation sites (N-methyl/N-ethyl adjacent to an activating group) is 1. The molecule has 3 nitrogen and oxygen atoms in total. The fourth-order valence-electron chi connectivity index (χ4n) is 1.55. The summed E-state index contributed by atoms with van der Waals surface area (Å²) < 4.78 is 0. The summed E-state index contributed by atoms with van der Waals surface area (Å²) in [7, 11) is 0. The Morgan fingerprint density at radius 2 is 2.17 bits per heavy atom. The molecule has 1 aliphatic heterocycles. The third-order valence-electron chi connectivity index (χ3n) is 2.35. The summed E-state index contributed by atoms with van der Waals surface area (Å²) in [5.41, 5.74) is 4.38. The van der Waals surface area contributed by atoms with Gasteiger partial charge in [0, 0.05) is 18.7 Å². The largest absolute Gasteiger partial charge is 0.305 e. The molecule has 0 fully saturated rings. The highest BCUT2D eigenvalue weighted by Gasteiger charge is 2.16. The van der Waals surface area contributed by atoms with Gasteiger partial charge in [0.2, 0.25) is 0 Å². The van der Waals surface area contributed by atoms with Gasteiger partial charge in [0.25, 0.3) is 0 Å². The van der Waals surface area contributed by atoms with Gasteiger partial charge in [-0.15, -0.1) is 0 Å². The van der Waals surface area contributed by atoms with Crippen LogP contribution in [0.25, 0.3) is 0 Å². The van der Waals surface area contributed by atoms with Crippen LogP contribution in [0.2, 0.25) is 0 Å². The average Bonchev–Trinajstić information content (AvgIpc) is 2.47. The molecule has 0 saturated carbocycles. The molecule has 0 aromatic heterocycles. The van der Waals surface area contributed by atoms with Gasteiger partial charge in [0.05, 0.1) is 6.04 Å². The molecule has 0 spiro atoms. The van der Waals surface area contributed by atoms with Crippen LogP contribution in [-0.2, 0) is 0 Å². The van der Waals surface area contributed by atoms with Crippen LogP contribution in [0.15, 0.2) is 5.10 Å². The Labute approximate surface area is 74.8 Å². The number of hydrogen-bond acceptors (Lipinski definition) is 3. The summed E-state index contributed by atoms with van der Waals surface area (Å²) in [6.45, 7) is 9.86. The smallest absolute Gasteiger partial charge is 0.0619 e. The Hall–Kier alpha value is -0.570. The number of hydrazone groups is 1. The molecular formula is C9H19N3. The second-order valence-electron chi connectivity index (χ2n) is 3.36. The van der Waals surface area contributed by atoms with Gasteiger partial charge in [-0.05, 0) is 20.0 Å². The molecule has 1 atom stereocenters. The Morgan fingerprint density at radius 1 is 1.50 bits per heavy atom. The molecule has 0 aliphatic carbocycles. The molecule has 0 amide bonds. The molecule has 0 unspecified atom stereocenters. The Kier molecular flexibility index (Phi) is 3.53. The second kappa shape index (κ2) is 4.45. The Bertz CT molecular complexity index is 161. The zero-order valence-corrected chi connectivity index (χ0v) is 8.30. The molecule has 0 saturated heterocycles. The highest BCUT2D eigenvalue weighted by atomic mass is 15.3. The van der Waals surface area contributed by atoms with E-state index in [2.05, 4.69) is 36.2 Å². The van der Waals surface area contributed by atoms with Crippen LogP contribution < -0.4 is 5.43 Å². The molecule has 0 radical (unpaired) electrons. The van der Waals surface area contributed by atoms with Crippen molar-refractivity contribution in [3.63, 3.8) is 0 Å². The highest BCUT2D eigenvalue weighted by Crippen LogP contribution is 2.04. The minimum atomic E-state index is 0.546. The minimum absolute atomic E-state index is 0.546. The minimum Gasteiger partial charge on any atom is -0.305 e. The third-order valence-corrected chi connectivity index (χ3v) is 2.35. The molecule has 12 heavy (non-hydrogen) atoms. The van der Waals surface area contributed by atoms with Crippen molar-refractivity contribution in [2.24, 2.45) is 5.10 Å². The van der Waals surface area contributed by atoms with E-state index in [9.17, 15) is 0 Å². The van der Waals surface area contributed by atoms with E-state index in [1.165, 1.54) is 5.71 Å². The molecule has 0 aromatic carbocycles. The van der Waals surface area contributed by atoms with Crippen LogP contribution >= 0.6 is 0 Å². The number of nitrogens with zero attached hydrogens (tertiary/aromatic N) is 2. The first-order chi connectivity index (χ1) is 5.76. The maximum Gasteiger partial charge on any atom is 0.0619 e. The first-order valence-corrected chi connectivity index (χ1v) is 4.77. The average molecular weight is 169 g/mol. The highest BCUT2D eigenvalue weighted by molar-refractivity contribution is 5.83. The van der Waals surface area contributed by atoms with Crippen molar-refractivity contribution in [3.8, 4) is 0 Å². The summed E-state index contributed by atoms with van der Waals surface area (Å²) in [4.78, 5) is 2.42. The topological polar surface area (TPSA) is 27.6 Å². The number of nitrogens with one attached hydrogen (secondary N) is 1. The van der Waals surface area contributed by atoms with E-state index in [0.29, 0.717) is 6.04 Å². The van der Waals surface area contributed by atoms with Crippen LogP contribution in [0.3, 0.4) is 0 Å². The molecule has 1 heterocycles. The summed E-state index contributed by atoms with van der Waals surface area (Å²) in [5, 5.41) is 4.18. The molecule has 70 valence electrons. The van der Waals surface area contributed by atoms with Gasteiger partial charge in [-0.2, -0.15) is 5.10 Å². The van der Waals surface area contributed by atoms with Crippen LogP contribution in [-0.4, -0.2) is 36.3 Å². The van der Waals surface area contributed by atoms with Crippen molar-refractivity contribution < 1.29 is 0 Å². The standard InChI is InChI=1S/C9H19N3/c1-4-12(5-2)7-9-6-8(3)10-11-9/h9,11H,4-7H2,1-3H3/t9-/m0/s1. The van der Waals surface area contributed by atoms with E-state index < -0.39 is 0 Å². The van der Waals surface area contributed by atoms with Crippen molar-refractivity contribution in [2.45, 2.75) is 33.2 Å². The van der Waals surface area contributed by atoms with Gasteiger partial charge in [-0.3, -0.25) is 0 Å². The van der Waals surface area contributed by atoms with Gasteiger partial charge >= 0.3 is 0 Å². The molecule has 1 N–H and O–H groups in total. The van der Waals surface area contributed by atoms with Gasteiger partial charge in [-0.1, -0.05) is 13.8 Å². The summed E-state index contributed by atoms with van der Waals surface area (Å²) >= 11 is 0. The van der Waals surface area contributed by atoms with Crippen molar-refractivity contribution in [1.82, 2.24) is 10.3 Å². The lowest BCUT2D eigenvalue weighted by atomic mass is 10.1. The predicted molar refractivity (Wildman–Crippen MR) is 52.4 cm³/mol. The van der Waals surface area contributed by atoms with E-state index in [4.69, 9.17) is 0 Å². The second-order valence-corrected chi connectivity index (χ2v) is 3.36. The van der Waals surface area contributed by atoms with Crippen molar-refractivity contribution in [1.29, 1.82) is 0 Å². The fraction of sp³-hybridized carbons (Fsp3) is 0.889. The van der Waals surface area contributed by atoms with Gasteiger partial charge in [0.1, 0.15) is 0 Å². The van der Waals surface area contributed by atoms with E-state index in [1.807, 2.05) is 0 Å². The van der Waals surface area contributed by atoms with Gasteiger partial charge in [-0.25, -0.2) is 0 Å². The fourth-order valence-corrected chi connectivity index (χ4v) is 1.55. The van der Waals surface area contributed by atoms with E-state index in [-0.39, 0.29) is 0 Å². The summed E-state index contributed by atoms with van der Waals surface area (Å²) in [5.74, 6) is 0. The molecule has 0 bridgehead atoms. The quantitative estimate of drug-likeness (QED) is 0.681. The Morgan fingerprint density at radius 3 is 2.58 bits per heavy atom. The normalized spacial score (nSPS) is 22.7. The van der Waals surface area contributed by atoms with Crippen LogP contribution in [0.1, 0.15) is 27.2 Å². The molecule has 3 heteroatoms. The van der Waals surface area contributed by atoms with Crippen LogP contribution in [0.4, 0.5) is 0 Å². The number of rotatable bonds is 4. The van der Waals surface area contributed by atoms with Crippen molar-refractivity contribution >= 4 is 5.71 Å². The van der Waals surface area contributed by atoms with E-state index in [1.54, 1.807) is 0 Å². The zero-order valence-electron chi connectivity index (χ0n) is 8.30. The molecule has 1 aliphatic rings. The molecule has 1 rings (SSSR count). The molecular weight excluding hydrogens is 150 g/mol. The lowest BCUT2D eigenvalue weighted by molar-refractivity contribution is 0.273. The predicted octanol–water partition coefficient (Wildman–Crippen LogP) is 1.07. The van der Waals surface area contributed by atoms with E-state index >= 15 is 0 Å². The van der Waals surface area contributed by atoms with Gasteiger partial charge < -0.3 is 10.3 Å². The first kappa shape index (κ1) is 9.52. The zero-order chi connectivity index (χ0) is 8.97. The van der Waals surface area contributed by atoms with Crippen LogP contribution in [0.5, 0.6) is 0 Å². The lowest BCUT2D eigenvalue weighted by Gasteiger charge is -2.21. The van der Waals surface area contributed by atoms with Gasteiger partial charge in [0.15, 0.2) is 0 Å². The Balaban J connectivity index is 2.24. The lowest BCUT2D eigenvalue weighted by Crippen LogP contribution is -2.36. The maximum absolute atomic E-state index is 4.18. The third kappa shape index (κ3) is 2.48. The van der Waals surface area contributed by atoms with Crippen molar-refractivity contribution in [2.75, 3.05) is 19.6 Å². The summed E-state index contributed by atoms with van der Waals surface area (Å²) in [6.07, 6.45) is 1.11. The van der Waals surface area contributed by atoms with Crippen molar-refractivity contribution in [3.05, 3.63) is 0 Å². The number of hydrogen-bond donors (Lipinski definition) is 1.